The van der Waals surface area contributed by atoms with Gasteiger partial charge in [0.15, 0.2) is 12.4 Å². The molecule has 0 unspecified atom stereocenters. The lowest BCUT2D eigenvalue weighted by atomic mass is 10.0. The van der Waals surface area contributed by atoms with Crippen LogP contribution in [-0.4, -0.2) is 45.6 Å². The first-order chi connectivity index (χ1) is 10.1. The third-order valence-electron chi connectivity index (χ3n) is 2.65. The van der Waals surface area contributed by atoms with E-state index in [1.165, 1.54) is 6.92 Å². The summed E-state index contributed by atoms with van der Waals surface area (Å²) >= 11 is 0. The molecule has 0 fully saturated rings. The van der Waals surface area contributed by atoms with Gasteiger partial charge in [-0.25, -0.2) is 14.4 Å². The van der Waals surface area contributed by atoms with Crippen LogP contribution in [-0.2, 0) is 4.79 Å². The predicted octanol–water partition coefficient (Wildman–Crippen LogP) is 1.31. The van der Waals surface area contributed by atoms with Crippen LogP contribution in [0.2, 0.25) is 0 Å². The van der Waals surface area contributed by atoms with Crippen molar-refractivity contribution in [2.45, 2.75) is 6.92 Å². The number of carbonyl (C=O) groups is 4. The summed E-state index contributed by atoms with van der Waals surface area (Å²) < 4.78 is 5.00. The Morgan fingerprint density at radius 3 is 1.82 bits per heavy atom. The molecule has 116 valence electrons. The summed E-state index contributed by atoms with van der Waals surface area (Å²) in [5, 5.41) is 27.0. The van der Waals surface area contributed by atoms with Crippen molar-refractivity contribution in [1.82, 2.24) is 0 Å². The van der Waals surface area contributed by atoms with E-state index in [1.54, 1.807) is 0 Å². The normalized spacial score (nSPS) is 9.86. The third kappa shape index (κ3) is 3.69. The molecule has 0 bridgehead atoms. The maximum atomic E-state index is 11.4. The molecule has 0 aromatic heterocycles. The average molecular weight is 308 g/mol. The van der Waals surface area contributed by atoms with Gasteiger partial charge in [-0.15, -0.1) is 0 Å². The van der Waals surface area contributed by atoms with Crippen molar-refractivity contribution in [1.29, 1.82) is 0 Å². The summed E-state index contributed by atoms with van der Waals surface area (Å²) in [6.45, 7) is 4.28. The van der Waals surface area contributed by atoms with E-state index in [4.69, 9.17) is 20.1 Å². The first-order valence-electron chi connectivity index (χ1n) is 5.84. The molecule has 8 heteroatoms. The Balaban J connectivity index is 3.36. The Bertz CT molecular complexity index is 686. The summed E-state index contributed by atoms with van der Waals surface area (Å²) in [5.74, 6) is -5.59. The van der Waals surface area contributed by atoms with E-state index in [1.807, 2.05) is 0 Å². The molecule has 1 aromatic rings. The van der Waals surface area contributed by atoms with Crippen molar-refractivity contribution in [2.75, 3.05) is 6.61 Å². The number of rotatable bonds is 7. The lowest BCUT2D eigenvalue weighted by molar-refractivity contribution is -0.117. The van der Waals surface area contributed by atoms with Crippen molar-refractivity contribution in [3.05, 3.63) is 41.0 Å². The zero-order valence-corrected chi connectivity index (χ0v) is 11.5. The number of Topliss-reactive ketones (excluding diaryl/α,β-unsaturated/α-hetero) is 1. The molecule has 0 amide bonds. The zero-order chi connectivity index (χ0) is 17.0. The van der Waals surface area contributed by atoms with Gasteiger partial charge in [0.1, 0.15) is 11.3 Å². The lowest BCUT2D eigenvalue weighted by Crippen LogP contribution is -2.16. The molecular formula is C14H12O8. The Morgan fingerprint density at radius 1 is 0.955 bits per heavy atom. The highest BCUT2D eigenvalue weighted by molar-refractivity contribution is 6.05. The highest BCUT2D eigenvalue weighted by atomic mass is 16.5. The minimum Gasteiger partial charge on any atom is -0.485 e. The number of ketones is 1. The Morgan fingerprint density at radius 2 is 1.41 bits per heavy atom. The largest absolute Gasteiger partial charge is 0.485 e. The van der Waals surface area contributed by atoms with E-state index in [9.17, 15) is 19.2 Å². The van der Waals surface area contributed by atoms with Gasteiger partial charge in [-0.1, -0.05) is 6.58 Å². The van der Waals surface area contributed by atoms with Gasteiger partial charge < -0.3 is 20.1 Å². The second-order valence-electron chi connectivity index (χ2n) is 4.30. The molecule has 22 heavy (non-hydrogen) atoms. The van der Waals surface area contributed by atoms with Crippen LogP contribution in [0.1, 0.15) is 38.0 Å². The van der Waals surface area contributed by atoms with E-state index in [2.05, 4.69) is 6.58 Å². The maximum absolute atomic E-state index is 11.4. The van der Waals surface area contributed by atoms with Gasteiger partial charge in [0, 0.05) is 0 Å². The van der Waals surface area contributed by atoms with Crippen molar-refractivity contribution in [3.8, 4) is 5.75 Å². The average Bonchev–Trinajstić information content (AvgIpc) is 2.42. The van der Waals surface area contributed by atoms with Crippen molar-refractivity contribution < 1.29 is 39.2 Å². The Kier molecular flexibility index (Phi) is 5.01. The van der Waals surface area contributed by atoms with Gasteiger partial charge in [0.2, 0.25) is 0 Å². The number of hydrogen-bond donors (Lipinski definition) is 3. The number of ether oxygens (including phenoxy) is 1. The monoisotopic (exact) mass is 308 g/mol. The van der Waals surface area contributed by atoms with E-state index in [-0.39, 0.29) is 5.57 Å². The maximum Gasteiger partial charge on any atom is 0.339 e. The van der Waals surface area contributed by atoms with Crippen LogP contribution in [0.4, 0.5) is 0 Å². The topological polar surface area (TPSA) is 138 Å². The summed E-state index contributed by atoms with van der Waals surface area (Å²) in [6.07, 6.45) is 0. The Labute approximate surface area is 124 Å². The van der Waals surface area contributed by atoms with Crippen LogP contribution in [0.15, 0.2) is 24.3 Å². The molecule has 0 radical (unpaired) electrons. The molecule has 0 saturated heterocycles. The van der Waals surface area contributed by atoms with Crippen molar-refractivity contribution >= 4 is 23.7 Å². The molecule has 0 aliphatic rings. The fourth-order valence-corrected chi connectivity index (χ4v) is 1.49. The van der Waals surface area contributed by atoms with Crippen LogP contribution in [0.3, 0.4) is 0 Å². The molecule has 0 aliphatic carbocycles. The highest BCUT2D eigenvalue weighted by Gasteiger charge is 2.23. The van der Waals surface area contributed by atoms with Gasteiger partial charge in [-0.3, -0.25) is 4.79 Å². The SMILES string of the molecule is C=C(C)C(=O)COc1cc(C(=O)O)c(C(=O)O)cc1C(=O)O. The molecule has 8 nitrogen and oxygen atoms in total. The molecule has 0 heterocycles. The number of carboxylic acids is 3. The number of benzene rings is 1. The third-order valence-corrected chi connectivity index (χ3v) is 2.65. The smallest absolute Gasteiger partial charge is 0.339 e. The molecular weight excluding hydrogens is 296 g/mol. The van der Waals surface area contributed by atoms with Gasteiger partial charge in [-0.2, -0.15) is 0 Å². The van der Waals surface area contributed by atoms with Crippen LogP contribution in [0.25, 0.3) is 0 Å². The molecule has 1 rings (SSSR count). The molecule has 0 saturated carbocycles. The first kappa shape index (κ1) is 16.9. The standard InChI is InChI=1S/C14H12O8/c1-6(2)10(15)5-22-11-4-8(13(18)19)7(12(16)17)3-9(11)14(20)21/h3-4H,1,5H2,2H3,(H,16,17)(H,18,19)(H,20,21). The fourth-order valence-electron chi connectivity index (χ4n) is 1.49. The van der Waals surface area contributed by atoms with Crippen LogP contribution in [0, 0.1) is 0 Å². The lowest BCUT2D eigenvalue weighted by Gasteiger charge is -2.11. The van der Waals surface area contributed by atoms with E-state index in [0.717, 1.165) is 6.07 Å². The molecule has 0 atom stereocenters. The summed E-state index contributed by atoms with van der Waals surface area (Å²) in [5.41, 5.74) is -1.71. The Hall–Kier alpha value is -3.16. The molecule has 0 spiro atoms. The minimum atomic E-state index is -1.59. The predicted molar refractivity (Wildman–Crippen MR) is 72.6 cm³/mol. The molecule has 1 aromatic carbocycles. The fraction of sp³-hybridized carbons (Fsp3) is 0.143. The number of hydrogen-bond acceptors (Lipinski definition) is 5. The van der Waals surface area contributed by atoms with E-state index < -0.39 is 52.7 Å². The first-order valence-corrected chi connectivity index (χ1v) is 5.84. The quantitative estimate of drug-likeness (QED) is 0.641. The summed E-state index contributed by atoms with van der Waals surface area (Å²) in [4.78, 5) is 44.6. The number of carboxylic acid groups (broad SMARTS) is 3. The van der Waals surface area contributed by atoms with Crippen LogP contribution in [0.5, 0.6) is 5.75 Å². The van der Waals surface area contributed by atoms with Gasteiger partial charge in [0.05, 0.1) is 11.1 Å². The van der Waals surface area contributed by atoms with Gasteiger partial charge >= 0.3 is 17.9 Å². The summed E-state index contributed by atoms with van der Waals surface area (Å²) in [6, 6.07) is 1.44. The minimum absolute atomic E-state index is 0.178. The summed E-state index contributed by atoms with van der Waals surface area (Å²) in [7, 11) is 0. The zero-order valence-electron chi connectivity index (χ0n) is 11.5. The van der Waals surface area contributed by atoms with E-state index in [0.29, 0.717) is 6.07 Å². The second-order valence-corrected chi connectivity index (χ2v) is 4.30. The van der Waals surface area contributed by atoms with E-state index >= 15 is 0 Å². The van der Waals surface area contributed by atoms with Crippen LogP contribution < -0.4 is 4.74 Å². The van der Waals surface area contributed by atoms with Crippen molar-refractivity contribution in [3.63, 3.8) is 0 Å². The molecule has 0 aliphatic heterocycles. The molecule has 3 N–H and O–H groups in total. The number of aromatic carboxylic acids is 3. The van der Waals surface area contributed by atoms with Crippen LogP contribution >= 0.6 is 0 Å². The second kappa shape index (κ2) is 6.53. The van der Waals surface area contributed by atoms with Crippen molar-refractivity contribution in [2.24, 2.45) is 0 Å². The number of carbonyl (C=O) groups excluding carboxylic acids is 1. The van der Waals surface area contributed by atoms with Gasteiger partial charge in [-0.05, 0) is 24.6 Å². The highest BCUT2D eigenvalue weighted by Crippen LogP contribution is 2.25. The van der Waals surface area contributed by atoms with Gasteiger partial charge in [0.25, 0.3) is 0 Å².